The molecule has 0 spiro atoms. The van der Waals surface area contributed by atoms with Crippen molar-refractivity contribution < 1.29 is 14.0 Å². The Kier molecular flexibility index (Phi) is 4.60. The molecule has 0 radical (unpaired) electrons. The van der Waals surface area contributed by atoms with Gasteiger partial charge in [-0.1, -0.05) is 0 Å². The molecule has 0 aromatic heterocycles. The van der Waals surface area contributed by atoms with Crippen LogP contribution in [0.5, 0.6) is 17.2 Å². The summed E-state index contributed by atoms with van der Waals surface area (Å²) in [6.45, 7) is 3.88. The second-order valence-corrected chi connectivity index (χ2v) is 3.81. The van der Waals surface area contributed by atoms with E-state index in [1.54, 1.807) is 14.2 Å². The molecule has 0 bridgehead atoms. The van der Waals surface area contributed by atoms with E-state index in [1.807, 2.05) is 13.8 Å². The molecule has 0 aliphatic heterocycles. The topological polar surface area (TPSA) is 51.5 Å². The summed E-state index contributed by atoms with van der Waals surface area (Å²) in [7, 11) is 5.31. The monoisotopic (exact) mass is 253 g/mol. The van der Waals surface area contributed by atoms with Crippen molar-refractivity contribution in [1.82, 2.24) is 0 Å². The van der Waals surface area contributed by atoms with Crippen LogP contribution in [0.2, 0.25) is 0 Å². The van der Waals surface area contributed by atoms with E-state index >= 15 is 0 Å². The van der Waals surface area contributed by atoms with Crippen LogP contribution in [0, 0.1) is 25.2 Å². The molecular formula is C12H16NO3P. The third-order valence-electron chi connectivity index (χ3n) is 2.82. The molecule has 0 amide bonds. The van der Waals surface area contributed by atoms with Gasteiger partial charge in [0, 0.05) is 5.56 Å². The Balaban J connectivity index is 3.63. The fraction of sp³-hybridized carbons (Fsp3) is 0.417. The fourth-order valence-corrected chi connectivity index (χ4v) is 2.07. The van der Waals surface area contributed by atoms with E-state index in [-0.39, 0.29) is 6.42 Å². The molecule has 1 atom stereocenters. The van der Waals surface area contributed by atoms with Gasteiger partial charge in [-0.15, -0.1) is 0 Å². The number of benzene rings is 1. The van der Waals surface area contributed by atoms with Gasteiger partial charge in [0.15, 0.2) is 11.5 Å². The Bertz CT molecular complexity index is 466. The zero-order valence-corrected chi connectivity index (χ0v) is 11.6. The number of nitriles is 1. The second-order valence-electron chi connectivity index (χ2n) is 3.58. The summed E-state index contributed by atoms with van der Waals surface area (Å²) in [5.41, 5.74) is 2.78. The van der Waals surface area contributed by atoms with E-state index in [9.17, 15) is 0 Å². The molecular weight excluding hydrogens is 237 g/mol. The first-order valence-electron chi connectivity index (χ1n) is 5.10. The van der Waals surface area contributed by atoms with Gasteiger partial charge in [-0.25, -0.2) is 0 Å². The lowest BCUT2D eigenvalue weighted by Gasteiger charge is -2.19. The molecule has 0 heterocycles. The lowest BCUT2D eigenvalue weighted by Crippen LogP contribution is -2.02. The molecule has 4 nitrogen and oxygen atoms in total. The first-order chi connectivity index (χ1) is 8.12. The minimum Gasteiger partial charge on any atom is -0.492 e. The SMILES string of the molecule is COc1c(C)c(C)c(CC#N)c(OP)c1OC. The van der Waals surface area contributed by atoms with Gasteiger partial charge in [0.25, 0.3) is 0 Å². The van der Waals surface area contributed by atoms with Crippen molar-refractivity contribution in [3.63, 3.8) is 0 Å². The third-order valence-corrected chi connectivity index (χ3v) is 3.06. The first kappa shape index (κ1) is 13.6. The maximum absolute atomic E-state index is 8.86. The maximum Gasteiger partial charge on any atom is 0.204 e. The molecule has 1 aromatic carbocycles. The van der Waals surface area contributed by atoms with E-state index in [1.165, 1.54) is 0 Å². The fourth-order valence-electron chi connectivity index (χ4n) is 1.83. The molecule has 1 aromatic rings. The van der Waals surface area contributed by atoms with Crippen molar-refractivity contribution in [2.24, 2.45) is 0 Å². The highest BCUT2D eigenvalue weighted by atomic mass is 31.0. The van der Waals surface area contributed by atoms with Crippen LogP contribution in [-0.2, 0) is 6.42 Å². The van der Waals surface area contributed by atoms with Crippen LogP contribution in [0.4, 0.5) is 0 Å². The van der Waals surface area contributed by atoms with E-state index in [0.29, 0.717) is 17.2 Å². The van der Waals surface area contributed by atoms with Gasteiger partial charge < -0.3 is 14.0 Å². The zero-order valence-electron chi connectivity index (χ0n) is 10.5. The van der Waals surface area contributed by atoms with Gasteiger partial charge >= 0.3 is 0 Å². The Hall–Kier alpha value is -1.46. The molecule has 0 aliphatic rings. The van der Waals surface area contributed by atoms with Crippen LogP contribution >= 0.6 is 9.47 Å². The minimum atomic E-state index is 0.275. The molecule has 92 valence electrons. The largest absolute Gasteiger partial charge is 0.492 e. The summed E-state index contributed by atoms with van der Waals surface area (Å²) in [6.07, 6.45) is 0.275. The average molecular weight is 253 g/mol. The van der Waals surface area contributed by atoms with E-state index < -0.39 is 0 Å². The van der Waals surface area contributed by atoms with Crippen LogP contribution in [0.25, 0.3) is 0 Å². The number of methoxy groups -OCH3 is 2. The van der Waals surface area contributed by atoms with E-state index in [0.717, 1.165) is 16.7 Å². The summed E-state index contributed by atoms with van der Waals surface area (Å²) in [5, 5.41) is 8.86. The number of nitrogens with zero attached hydrogens (tertiary/aromatic N) is 1. The normalized spacial score (nSPS) is 9.65. The van der Waals surface area contributed by atoms with Crippen molar-refractivity contribution in [3.8, 4) is 23.3 Å². The molecule has 17 heavy (non-hydrogen) atoms. The number of hydrogen-bond donors (Lipinski definition) is 0. The number of hydrogen-bond acceptors (Lipinski definition) is 4. The van der Waals surface area contributed by atoms with Gasteiger partial charge in [0.2, 0.25) is 5.75 Å². The summed E-state index contributed by atoms with van der Waals surface area (Å²) in [4.78, 5) is 0. The summed E-state index contributed by atoms with van der Waals surface area (Å²) >= 11 is 0. The molecule has 0 saturated carbocycles. The van der Waals surface area contributed by atoms with Crippen LogP contribution in [-0.4, -0.2) is 14.2 Å². The van der Waals surface area contributed by atoms with Gasteiger partial charge in [-0.3, -0.25) is 0 Å². The standard InChI is InChI=1S/C12H16NO3P/c1-7-8(2)10(14-3)12(15-4)11(16-17)9(7)5-6-13/h5,17H2,1-4H3. The summed E-state index contributed by atoms with van der Waals surface area (Å²) in [6, 6.07) is 2.13. The Morgan fingerprint density at radius 3 is 2.06 bits per heavy atom. The highest BCUT2D eigenvalue weighted by Gasteiger charge is 2.21. The Morgan fingerprint density at radius 1 is 1.06 bits per heavy atom. The number of ether oxygens (including phenoxy) is 2. The molecule has 0 fully saturated rings. The second kappa shape index (κ2) is 5.75. The predicted octanol–water partition coefficient (Wildman–Crippen LogP) is 2.56. The van der Waals surface area contributed by atoms with Crippen LogP contribution < -0.4 is 14.0 Å². The van der Waals surface area contributed by atoms with Crippen molar-refractivity contribution in [2.75, 3.05) is 14.2 Å². The lowest BCUT2D eigenvalue weighted by molar-refractivity contribution is 0.343. The smallest absolute Gasteiger partial charge is 0.204 e. The van der Waals surface area contributed by atoms with Gasteiger partial charge in [-0.2, -0.15) is 5.26 Å². The molecule has 0 saturated heterocycles. The summed E-state index contributed by atoms with van der Waals surface area (Å²) in [5.74, 6) is 1.71. The van der Waals surface area contributed by atoms with Crippen LogP contribution in [0.3, 0.4) is 0 Å². The molecule has 0 aliphatic carbocycles. The highest BCUT2D eigenvalue weighted by Crippen LogP contribution is 2.45. The molecule has 0 N–H and O–H groups in total. The van der Waals surface area contributed by atoms with Crippen molar-refractivity contribution in [1.29, 1.82) is 5.26 Å². The van der Waals surface area contributed by atoms with Gasteiger partial charge in [-0.05, 0) is 25.0 Å². The Labute approximate surface area is 104 Å². The minimum absolute atomic E-state index is 0.275. The Morgan fingerprint density at radius 2 is 1.65 bits per heavy atom. The van der Waals surface area contributed by atoms with Crippen molar-refractivity contribution in [2.45, 2.75) is 20.3 Å². The maximum atomic E-state index is 8.86. The van der Waals surface area contributed by atoms with Crippen LogP contribution in [0.1, 0.15) is 16.7 Å². The van der Waals surface area contributed by atoms with Crippen LogP contribution in [0.15, 0.2) is 0 Å². The van der Waals surface area contributed by atoms with E-state index in [4.69, 9.17) is 19.3 Å². The van der Waals surface area contributed by atoms with E-state index in [2.05, 4.69) is 15.5 Å². The lowest BCUT2D eigenvalue weighted by atomic mass is 9.98. The molecule has 1 unspecified atom stereocenters. The first-order valence-corrected chi connectivity index (χ1v) is 5.57. The highest BCUT2D eigenvalue weighted by molar-refractivity contribution is 7.10. The number of rotatable bonds is 4. The van der Waals surface area contributed by atoms with Gasteiger partial charge in [0.1, 0.15) is 0 Å². The molecule has 5 heteroatoms. The molecule has 1 rings (SSSR count). The zero-order chi connectivity index (χ0) is 13.0. The van der Waals surface area contributed by atoms with Crippen molar-refractivity contribution in [3.05, 3.63) is 16.7 Å². The van der Waals surface area contributed by atoms with Crippen molar-refractivity contribution >= 4 is 9.47 Å². The third kappa shape index (κ3) is 2.30. The van der Waals surface area contributed by atoms with Gasteiger partial charge in [0.05, 0.1) is 36.2 Å². The summed E-state index contributed by atoms with van der Waals surface area (Å²) < 4.78 is 15.9. The predicted molar refractivity (Wildman–Crippen MR) is 68.7 cm³/mol. The quantitative estimate of drug-likeness (QED) is 0.774. The average Bonchev–Trinajstić information content (AvgIpc) is 2.34.